The zero-order valence-corrected chi connectivity index (χ0v) is 35.2. The summed E-state index contributed by atoms with van der Waals surface area (Å²) in [5.74, 6) is 0.903. The molecule has 13 aromatic rings. The lowest BCUT2D eigenvalue weighted by Crippen LogP contribution is -2.10. The molecule has 0 saturated carbocycles. The quantitative estimate of drug-likeness (QED) is 0.180. The molecule has 0 amide bonds. The number of nitrogens with zero attached hydrogens (tertiary/aromatic N) is 1. The van der Waals surface area contributed by atoms with Crippen molar-refractivity contribution in [3.8, 4) is 39.3 Å². The van der Waals surface area contributed by atoms with Crippen LogP contribution in [0.15, 0.2) is 218 Å². The van der Waals surface area contributed by atoms with E-state index in [0.29, 0.717) is 0 Å². The van der Waals surface area contributed by atoms with E-state index in [1.165, 1.54) is 81.3 Å². The van der Waals surface area contributed by atoms with Crippen LogP contribution in [0.5, 0.6) is 5.75 Å². The molecule has 0 spiro atoms. The van der Waals surface area contributed by atoms with Gasteiger partial charge >= 0.3 is 0 Å². The van der Waals surface area contributed by atoms with E-state index in [4.69, 9.17) is 9.72 Å². The van der Waals surface area contributed by atoms with Crippen LogP contribution in [0.1, 0.15) is 11.8 Å². The summed E-state index contributed by atoms with van der Waals surface area (Å²) in [7, 11) is 0. The number of aromatic nitrogens is 1. The molecule has 1 aromatic heterocycles. The van der Waals surface area contributed by atoms with Crippen molar-refractivity contribution in [2.24, 2.45) is 0 Å². The maximum absolute atomic E-state index is 6.79. The first-order valence-corrected chi connectivity index (χ1v) is 22.4. The van der Waals surface area contributed by atoms with E-state index in [-0.39, 0.29) is 6.23 Å². The van der Waals surface area contributed by atoms with Crippen LogP contribution in [0, 0.1) is 0 Å². The van der Waals surface area contributed by atoms with Crippen molar-refractivity contribution in [2.45, 2.75) is 6.23 Å². The summed E-state index contributed by atoms with van der Waals surface area (Å²) in [6, 6.07) is 79.4. The Hall–Kier alpha value is -8.53. The Morgan fingerprint density at radius 3 is 1.34 bits per heavy atom. The van der Waals surface area contributed by atoms with Crippen LogP contribution in [0.4, 0.5) is 5.69 Å². The zero-order valence-electron chi connectivity index (χ0n) is 35.2. The Kier molecular flexibility index (Phi) is 7.75. The number of ether oxygens (including phenoxy) is 1. The summed E-state index contributed by atoms with van der Waals surface area (Å²) < 4.78 is 6.79. The monoisotopic (exact) mass is 826 g/mol. The third-order valence-electron chi connectivity index (χ3n) is 13.8. The normalized spacial score (nSPS) is 13.6. The second-order valence-corrected chi connectivity index (χ2v) is 17.4. The standard InChI is InChI=1S/C62H38N2O/c1-3-17-41-39(15-1)33-53(47-23-7-5-19-43(41)47)55-35-57-56(54-34-40-16-2-4-18-42(40)44-20-6-8-24-48(44)54)36-58(63-59(57)50-26-12-10-25-49(50)55)37-29-31-38(32-30-37)62-64-60-51-27-13-9-21-45(51)46-22-11-14-28-52(46)61(60)65-62/h1-36,62,64H. The van der Waals surface area contributed by atoms with Gasteiger partial charge in [0.1, 0.15) is 0 Å². The smallest absolute Gasteiger partial charge is 0.196 e. The number of fused-ring (bicyclic) bond motifs is 15. The Balaban J connectivity index is 0.988. The van der Waals surface area contributed by atoms with E-state index in [1.54, 1.807) is 0 Å². The second-order valence-electron chi connectivity index (χ2n) is 17.4. The fourth-order valence-electron chi connectivity index (χ4n) is 10.8. The minimum atomic E-state index is -0.328. The highest BCUT2D eigenvalue weighted by atomic mass is 16.5. The third kappa shape index (κ3) is 5.46. The zero-order chi connectivity index (χ0) is 42.6. The lowest BCUT2D eigenvalue weighted by atomic mass is 9.86. The van der Waals surface area contributed by atoms with Gasteiger partial charge in [-0.15, -0.1) is 0 Å². The van der Waals surface area contributed by atoms with E-state index in [1.807, 2.05) is 0 Å². The maximum atomic E-state index is 6.79. The maximum Gasteiger partial charge on any atom is 0.196 e. The molecular formula is C62H38N2O. The number of rotatable bonds is 4. The highest BCUT2D eigenvalue weighted by molar-refractivity contribution is 6.23. The van der Waals surface area contributed by atoms with Gasteiger partial charge in [0.15, 0.2) is 12.0 Å². The molecule has 302 valence electrons. The minimum absolute atomic E-state index is 0.328. The Labute approximate surface area is 374 Å². The first kappa shape index (κ1) is 36.0. The molecule has 0 fully saturated rings. The van der Waals surface area contributed by atoms with Crippen molar-refractivity contribution in [2.75, 3.05) is 5.32 Å². The fourth-order valence-corrected chi connectivity index (χ4v) is 10.8. The van der Waals surface area contributed by atoms with Gasteiger partial charge in [0, 0.05) is 32.7 Å². The first-order chi connectivity index (χ1) is 32.2. The molecule has 0 saturated heterocycles. The van der Waals surface area contributed by atoms with Gasteiger partial charge in [-0.05, 0) is 106 Å². The lowest BCUT2D eigenvalue weighted by Gasteiger charge is -2.19. The average Bonchev–Trinajstić information content (AvgIpc) is 3.84. The summed E-state index contributed by atoms with van der Waals surface area (Å²) in [5, 5.41) is 21.8. The van der Waals surface area contributed by atoms with Crippen molar-refractivity contribution in [1.82, 2.24) is 4.98 Å². The van der Waals surface area contributed by atoms with Crippen molar-refractivity contribution in [1.29, 1.82) is 0 Å². The predicted octanol–water partition coefficient (Wildman–Crippen LogP) is 16.8. The second kappa shape index (κ2) is 14.0. The van der Waals surface area contributed by atoms with Crippen LogP contribution in [0.3, 0.4) is 0 Å². The van der Waals surface area contributed by atoms with Crippen molar-refractivity contribution in [3.05, 3.63) is 224 Å². The lowest BCUT2D eigenvalue weighted by molar-refractivity contribution is 0.262. The third-order valence-corrected chi connectivity index (χ3v) is 13.8. The van der Waals surface area contributed by atoms with E-state index >= 15 is 0 Å². The molecule has 3 heteroatoms. The number of hydrogen-bond donors (Lipinski definition) is 1. The minimum Gasteiger partial charge on any atom is -0.464 e. The molecule has 1 N–H and O–H groups in total. The van der Waals surface area contributed by atoms with Gasteiger partial charge in [-0.3, -0.25) is 0 Å². The van der Waals surface area contributed by atoms with Crippen molar-refractivity contribution < 1.29 is 4.74 Å². The molecule has 0 bridgehead atoms. The van der Waals surface area contributed by atoms with Gasteiger partial charge in [0.05, 0.1) is 16.9 Å². The SMILES string of the molecule is c1ccc2c(c1)cc(-c1cc3c(-c4cc5ccccc5c5ccccc45)cc(-c4ccc(C5Nc6c(c7ccccc7c7ccccc67)O5)cc4)nc3c3ccccc13)c1ccccc12. The van der Waals surface area contributed by atoms with Gasteiger partial charge in [0.25, 0.3) is 0 Å². The molecule has 65 heavy (non-hydrogen) atoms. The van der Waals surface area contributed by atoms with Crippen LogP contribution in [-0.4, -0.2) is 4.98 Å². The number of anilines is 1. The topological polar surface area (TPSA) is 34.1 Å². The molecule has 2 heterocycles. The Morgan fingerprint density at radius 1 is 0.338 bits per heavy atom. The van der Waals surface area contributed by atoms with Crippen molar-refractivity contribution >= 4 is 92.0 Å². The molecule has 1 atom stereocenters. The molecule has 0 radical (unpaired) electrons. The molecule has 14 rings (SSSR count). The van der Waals surface area contributed by atoms with E-state index in [9.17, 15) is 0 Å². The first-order valence-electron chi connectivity index (χ1n) is 22.4. The summed E-state index contributed by atoms with van der Waals surface area (Å²) >= 11 is 0. The molecule has 3 nitrogen and oxygen atoms in total. The molecular weight excluding hydrogens is 789 g/mol. The summed E-state index contributed by atoms with van der Waals surface area (Å²) in [6.45, 7) is 0. The van der Waals surface area contributed by atoms with Crippen molar-refractivity contribution in [3.63, 3.8) is 0 Å². The van der Waals surface area contributed by atoms with Crippen LogP contribution < -0.4 is 10.1 Å². The van der Waals surface area contributed by atoms with Gasteiger partial charge in [-0.25, -0.2) is 4.98 Å². The molecule has 0 aliphatic carbocycles. The van der Waals surface area contributed by atoms with Gasteiger partial charge in [-0.1, -0.05) is 194 Å². The number of benzene rings is 12. The molecule has 1 unspecified atom stereocenters. The van der Waals surface area contributed by atoms with Crippen LogP contribution >= 0.6 is 0 Å². The van der Waals surface area contributed by atoms with Crippen LogP contribution in [0.2, 0.25) is 0 Å². The molecule has 1 aliphatic rings. The average molecular weight is 827 g/mol. The molecule has 12 aromatic carbocycles. The number of pyridine rings is 1. The Morgan fingerprint density at radius 2 is 0.754 bits per heavy atom. The van der Waals surface area contributed by atoms with Crippen LogP contribution in [-0.2, 0) is 0 Å². The number of nitrogens with one attached hydrogen (secondary N) is 1. The largest absolute Gasteiger partial charge is 0.464 e. The summed E-state index contributed by atoms with van der Waals surface area (Å²) in [5.41, 5.74) is 9.81. The highest BCUT2D eigenvalue weighted by Crippen LogP contribution is 2.49. The van der Waals surface area contributed by atoms with Gasteiger partial charge in [-0.2, -0.15) is 0 Å². The molecule has 1 aliphatic heterocycles. The highest BCUT2D eigenvalue weighted by Gasteiger charge is 2.28. The van der Waals surface area contributed by atoms with E-state index in [0.717, 1.165) is 55.5 Å². The summed E-state index contributed by atoms with van der Waals surface area (Å²) in [6.07, 6.45) is -0.328. The predicted molar refractivity (Wildman–Crippen MR) is 274 cm³/mol. The van der Waals surface area contributed by atoms with Gasteiger partial charge < -0.3 is 10.1 Å². The fraction of sp³-hybridized carbons (Fsp3) is 0.0161. The number of hydrogen-bond acceptors (Lipinski definition) is 3. The van der Waals surface area contributed by atoms with Gasteiger partial charge in [0.2, 0.25) is 0 Å². The van der Waals surface area contributed by atoms with E-state index < -0.39 is 0 Å². The summed E-state index contributed by atoms with van der Waals surface area (Å²) in [4.78, 5) is 5.63. The van der Waals surface area contributed by atoms with E-state index in [2.05, 4.69) is 224 Å². The Bertz CT molecular complexity index is 4070. The van der Waals surface area contributed by atoms with Crippen LogP contribution in [0.25, 0.3) is 120 Å².